The van der Waals surface area contributed by atoms with Gasteiger partial charge in [-0.3, -0.25) is 9.59 Å². The Balaban J connectivity index is 1.53. The quantitative estimate of drug-likeness (QED) is 0.441. The van der Waals surface area contributed by atoms with Gasteiger partial charge < -0.3 is 24.0 Å². The summed E-state index contributed by atoms with van der Waals surface area (Å²) in [7, 11) is 3.22. The fraction of sp³-hybridized carbons (Fsp3) is 0.321. The molecule has 1 aliphatic heterocycles. The van der Waals surface area contributed by atoms with E-state index in [1.165, 1.54) is 37.6 Å². The first-order valence-corrected chi connectivity index (χ1v) is 12.0. The molecule has 0 N–H and O–H groups in total. The fourth-order valence-electron chi connectivity index (χ4n) is 4.20. The minimum atomic E-state index is -1.10. The molecule has 1 aliphatic rings. The maximum Gasteiger partial charge on any atom is 0.254 e. The molecule has 1 atom stereocenters. The maximum atomic E-state index is 13.4. The lowest BCUT2D eigenvalue weighted by Crippen LogP contribution is -2.58. The highest BCUT2D eigenvalue weighted by atomic mass is 19.1. The predicted octanol–water partition coefficient (Wildman–Crippen LogP) is 3.57. The zero-order valence-corrected chi connectivity index (χ0v) is 20.9. The molecular weight excluding hydrogens is 477 g/mol. The average molecular weight is 508 g/mol. The molecule has 1 aromatic heterocycles. The third-order valence-corrected chi connectivity index (χ3v) is 6.20. The number of ether oxygens (including phenoxy) is 3. The van der Waals surface area contributed by atoms with Gasteiger partial charge in [0.2, 0.25) is 11.8 Å². The topological polar surface area (TPSA) is 81.2 Å². The molecule has 0 bridgehead atoms. The Labute approximate surface area is 215 Å². The van der Waals surface area contributed by atoms with Gasteiger partial charge >= 0.3 is 0 Å². The third-order valence-electron chi connectivity index (χ3n) is 6.20. The number of morpholine rings is 1. The van der Waals surface area contributed by atoms with Crippen LogP contribution in [-0.4, -0.2) is 72.7 Å². The molecule has 3 aromatic rings. The predicted molar refractivity (Wildman–Crippen MR) is 135 cm³/mol. The van der Waals surface area contributed by atoms with E-state index >= 15 is 0 Å². The monoisotopic (exact) mass is 507 g/mol. The number of pyridine rings is 1. The van der Waals surface area contributed by atoms with Crippen LogP contribution in [0.4, 0.5) is 4.39 Å². The van der Waals surface area contributed by atoms with E-state index < -0.39 is 5.60 Å². The third kappa shape index (κ3) is 6.83. The summed E-state index contributed by atoms with van der Waals surface area (Å²) >= 11 is 0. The smallest absolute Gasteiger partial charge is 0.254 e. The van der Waals surface area contributed by atoms with Crippen LogP contribution in [0.5, 0.6) is 11.6 Å². The van der Waals surface area contributed by atoms with Crippen molar-refractivity contribution in [3.63, 3.8) is 0 Å². The summed E-state index contributed by atoms with van der Waals surface area (Å²) < 4.78 is 30.6. The molecule has 37 heavy (non-hydrogen) atoms. The Morgan fingerprint density at radius 1 is 1.14 bits per heavy atom. The number of halogens is 1. The van der Waals surface area contributed by atoms with Gasteiger partial charge in [0.15, 0.2) is 0 Å². The van der Waals surface area contributed by atoms with E-state index in [2.05, 4.69) is 4.98 Å². The van der Waals surface area contributed by atoms with E-state index in [0.717, 1.165) is 5.56 Å². The van der Waals surface area contributed by atoms with Crippen molar-refractivity contribution in [3.05, 3.63) is 89.9 Å². The number of hydrogen-bond acceptors (Lipinski definition) is 6. The number of hydrogen-bond donors (Lipinski definition) is 0. The van der Waals surface area contributed by atoms with Crippen molar-refractivity contribution in [2.45, 2.75) is 18.6 Å². The van der Waals surface area contributed by atoms with Crippen LogP contribution in [0.1, 0.15) is 22.3 Å². The molecule has 194 valence electrons. The van der Waals surface area contributed by atoms with Gasteiger partial charge in [0.05, 0.1) is 26.7 Å². The first-order chi connectivity index (χ1) is 17.9. The molecule has 2 aromatic carbocycles. The van der Waals surface area contributed by atoms with E-state index in [0.29, 0.717) is 30.3 Å². The molecular formula is C28H30FN3O5. The molecule has 8 nitrogen and oxygen atoms in total. The van der Waals surface area contributed by atoms with Crippen LogP contribution in [0.3, 0.4) is 0 Å². The number of carbonyl (C=O) groups is 2. The lowest BCUT2D eigenvalue weighted by atomic mass is 9.96. The number of methoxy groups -OCH3 is 1. The summed E-state index contributed by atoms with van der Waals surface area (Å²) in [6.45, 7) is 1.18. The standard InChI is InChI=1S/C28H30FN3O5/c1-31(18-21-6-4-3-5-7-21)26(33)17-28(20-36-24-10-8-23(29)9-11-24)19-32(14-15-37-28)27(34)22-12-13-30-25(16-22)35-2/h3-13,16H,14-15,17-20H2,1-2H3/t28-/m1/s1. The van der Waals surface area contributed by atoms with E-state index in [9.17, 15) is 14.0 Å². The Morgan fingerprint density at radius 3 is 2.62 bits per heavy atom. The number of nitrogens with zero attached hydrogens (tertiary/aromatic N) is 3. The molecule has 2 amide bonds. The Morgan fingerprint density at radius 2 is 1.89 bits per heavy atom. The van der Waals surface area contributed by atoms with Crippen molar-refractivity contribution in [2.24, 2.45) is 0 Å². The Hall–Kier alpha value is -3.98. The van der Waals surface area contributed by atoms with Gasteiger partial charge in [0, 0.05) is 38.0 Å². The minimum Gasteiger partial charge on any atom is -0.490 e. The van der Waals surface area contributed by atoms with Crippen molar-refractivity contribution < 1.29 is 28.2 Å². The molecule has 0 spiro atoms. The number of aromatic nitrogens is 1. The summed E-state index contributed by atoms with van der Waals surface area (Å²) in [5, 5.41) is 0. The molecule has 0 unspecified atom stereocenters. The molecule has 9 heteroatoms. The molecule has 4 rings (SSSR count). The molecule has 1 fully saturated rings. The molecule has 2 heterocycles. The normalized spacial score (nSPS) is 17.2. The second-order valence-electron chi connectivity index (χ2n) is 9.00. The van der Waals surface area contributed by atoms with Gasteiger partial charge in [-0.2, -0.15) is 0 Å². The number of rotatable bonds is 9. The first kappa shape index (κ1) is 26.1. The Bertz CT molecular complexity index is 1210. The van der Waals surface area contributed by atoms with Crippen molar-refractivity contribution >= 4 is 11.8 Å². The van der Waals surface area contributed by atoms with Crippen LogP contribution in [0.15, 0.2) is 72.9 Å². The molecule has 0 aliphatic carbocycles. The maximum absolute atomic E-state index is 13.4. The van der Waals surface area contributed by atoms with Gasteiger partial charge in [0.25, 0.3) is 5.91 Å². The lowest BCUT2D eigenvalue weighted by Gasteiger charge is -2.42. The van der Waals surface area contributed by atoms with Crippen molar-refractivity contribution in [1.29, 1.82) is 0 Å². The summed E-state index contributed by atoms with van der Waals surface area (Å²) in [5.74, 6) is 0.0319. The molecule has 1 saturated heterocycles. The van der Waals surface area contributed by atoms with E-state index in [1.807, 2.05) is 30.3 Å². The highest BCUT2D eigenvalue weighted by Crippen LogP contribution is 2.27. The van der Waals surface area contributed by atoms with Gasteiger partial charge in [-0.15, -0.1) is 0 Å². The van der Waals surface area contributed by atoms with Gasteiger partial charge in [0.1, 0.15) is 23.8 Å². The largest absolute Gasteiger partial charge is 0.490 e. The van der Waals surface area contributed by atoms with Gasteiger partial charge in [-0.05, 0) is 35.9 Å². The highest BCUT2D eigenvalue weighted by molar-refractivity contribution is 5.94. The zero-order chi connectivity index (χ0) is 26.3. The summed E-state index contributed by atoms with van der Waals surface area (Å²) in [6.07, 6.45) is 1.51. The molecule has 0 radical (unpaired) electrons. The first-order valence-electron chi connectivity index (χ1n) is 12.0. The van der Waals surface area contributed by atoms with E-state index in [4.69, 9.17) is 14.2 Å². The van der Waals surface area contributed by atoms with Crippen LogP contribution >= 0.6 is 0 Å². The van der Waals surface area contributed by atoms with Crippen LogP contribution < -0.4 is 9.47 Å². The Kier molecular flexibility index (Phi) is 8.35. The average Bonchev–Trinajstić information content (AvgIpc) is 2.93. The van der Waals surface area contributed by atoms with Crippen LogP contribution in [0.2, 0.25) is 0 Å². The molecule has 0 saturated carbocycles. The van der Waals surface area contributed by atoms with Crippen LogP contribution in [0.25, 0.3) is 0 Å². The summed E-state index contributed by atoms with van der Waals surface area (Å²) in [4.78, 5) is 34.0. The second kappa shape index (κ2) is 11.8. The number of amides is 2. The second-order valence-corrected chi connectivity index (χ2v) is 9.00. The highest BCUT2D eigenvalue weighted by Gasteiger charge is 2.42. The van der Waals surface area contributed by atoms with Crippen LogP contribution in [0, 0.1) is 5.82 Å². The SMILES string of the molecule is COc1cc(C(=O)N2CCO[C@](COc3ccc(F)cc3)(CC(=O)N(C)Cc3ccccc3)C2)ccn1. The van der Waals surface area contributed by atoms with Crippen LogP contribution in [-0.2, 0) is 16.1 Å². The summed E-state index contributed by atoms with van der Waals surface area (Å²) in [6, 6.07) is 18.5. The van der Waals surface area contributed by atoms with Crippen molar-refractivity contribution in [3.8, 4) is 11.6 Å². The lowest BCUT2D eigenvalue weighted by molar-refractivity contribution is -0.152. The van der Waals surface area contributed by atoms with E-state index in [1.54, 1.807) is 29.0 Å². The summed E-state index contributed by atoms with van der Waals surface area (Å²) in [5.41, 5.74) is 0.333. The van der Waals surface area contributed by atoms with E-state index in [-0.39, 0.29) is 43.8 Å². The van der Waals surface area contributed by atoms with Gasteiger partial charge in [-0.25, -0.2) is 9.37 Å². The zero-order valence-electron chi connectivity index (χ0n) is 20.9. The number of benzene rings is 2. The van der Waals surface area contributed by atoms with Crippen molar-refractivity contribution in [1.82, 2.24) is 14.8 Å². The van der Waals surface area contributed by atoms with Crippen molar-refractivity contribution in [2.75, 3.05) is 40.5 Å². The fourth-order valence-corrected chi connectivity index (χ4v) is 4.20. The number of carbonyl (C=O) groups excluding carboxylic acids is 2. The minimum absolute atomic E-state index is 0.000967. The van der Waals surface area contributed by atoms with Gasteiger partial charge in [-0.1, -0.05) is 30.3 Å².